The van der Waals surface area contributed by atoms with Gasteiger partial charge in [0, 0.05) is 18.1 Å². The topological polar surface area (TPSA) is 69.4 Å². The van der Waals surface area contributed by atoms with Crippen LogP contribution in [0.5, 0.6) is 5.75 Å². The number of nitrogens with zero attached hydrogens (tertiary/aromatic N) is 1. The maximum atomic E-state index is 11.7. The summed E-state index contributed by atoms with van der Waals surface area (Å²) in [6.07, 6.45) is 6.25. The van der Waals surface area contributed by atoms with Gasteiger partial charge in [0.15, 0.2) is 0 Å². The molecule has 2 rings (SSSR count). The lowest BCUT2D eigenvalue weighted by molar-refractivity contribution is -0.385. The molecule has 1 saturated carbocycles. The Labute approximate surface area is 118 Å². The van der Waals surface area contributed by atoms with Crippen molar-refractivity contribution in [3.8, 4) is 5.75 Å². The quantitative estimate of drug-likeness (QED) is 0.355. The van der Waals surface area contributed by atoms with Gasteiger partial charge in [-0.15, -0.1) is 0 Å². The molecule has 1 aliphatic rings. The number of aryl methyl sites for hydroxylation is 1. The summed E-state index contributed by atoms with van der Waals surface area (Å²) < 4.78 is 5.23. The minimum Gasteiger partial charge on any atom is -0.427 e. The van der Waals surface area contributed by atoms with Gasteiger partial charge in [0.2, 0.25) is 0 Å². The fraction of sp³-hybridized carbons (Fsp3) is 0.533. The van der Waals surface area contributed by atoms with Gasteiger partial charge in [-0.25, -0.2) is 0 Å². The van der Waals surface area contributed by atoms with E-state index in [1.807, 2.05) is 0 Å². The molecule has 0 heterocycles. The van der Waals surface area contributed by atoms with Gasteiger partial charge in [0.1, 0.15) is 5.75 Å². The van der Waals surface area contributed by atoms with Crippen LogP contribution in [-0.2, 0) is 4.79 Å². The number of nitro groups is 1. The Bertz CT molecular complexity index is 507. The second-order valence-corrected chi connectivity index (χ2v) is 5.37. The predicted molar refractivity (Wildman–Crippen MR) is 74.7 cm³/mol. The summed E-state index contributed by atoms with van der Waals surface area (Å²) in [7, 11) is 0. The summed E-state index contributed by atoms with van der Waals surface area (Å²) >= 11 is 0. The summed E-state index contributed by atoms with van der Waals surface area (Å²) in [5, 5.41) is 10.7. The molecular formula is C15H19NO4. The van der Waals surface area contributed by atoms with E-state index in [-0.39, 0.29) is 11.7 Å². The molecule has 0 atom stereocenters. The lowest BCUT2D eigenvalue weighted by Gasteiger charge is -2.08. The first-order valence-corrected chi connectivity index (χ1v) is 7.02. The zero-order chi connectivity index (χ0) is 14.5. The zero-order valence-electron chi connectivity index (χ0n) is 11.6. The van der Waals surface area contributed by atoms with Crippen LogP contribution in [0, 0.1) is 23.0 Å². The van der Waals surface area contributed by atoms with Crippen molar-refractivity contribution in [2.24, 2.45) is 5.92 Å². The van der Waals surface area contributed by atoms with Gasteiger partial charge < -0.3 is 4.74 Å². The van der Waals surface area contributed by atoms with Gasteiger partial charge in [-0.3, -0.25) is 14.9 Å². The summed E-state index contributed by atoms with van der Waals surface area (Å²) in [4.78, 5) is 22.0. The maximum Gasteiger partial charge on any atom is 0.311 e. The molecule has 1 aromatic rings. The Morgan fingerprint density at radius 2 is 2.10 bits per heavy atom. The minimum absolute atomic E-state index is 0.0377. The van der Waals surface area contributed by atoms with Crippen LogP contribution in [0.1, 0.15) is 44.1 Å². The number of hydrogen-bond acceptors (Lipinski definition) is 4. The lowest BCUT2D eigenvalue weighted by atomic mass is 10.0. The smallest absolute Gasteiger partial charge is 0.311 e. The molecule has 5 heteroatoms. The molecule has 1 aliphatic carbocycles. The first-order chi connectivity index (χ1) is 9.56. The minimum atomic E-state index is -0.443. The van der Waals surface area contributed by atoms with Crippen molar-refractivity contribution < 1.29 is 14.5 Å². The molecule has 1 aromatic carbocycles. The number of hydrogen-bond donors (Lipinski definition) is 0. The van der Waals surface area contributed by atoms with Crippen molar-refractivity contribution in [2.75, 3.05) is 0 Å². The number of esters is 1. The third-order valence-electron chi connectivity index (χ3n) is 3.83. The highest BCUT2D eigenvalue weighted by atomic mass is 16.6. The van der Waals surface area contributed by atoms with E-state index in [1.54, 1.807) is 6.92 Å². The van der Waals surface area contributed by atoms with E-state index in [1.165, 1.54) is 43.9 Å². The normalized spacial score (nSPS) is 15.2. The van der Waals surface area contributed by atoms with Crippen LogP contribution in [0.3, 0.4) is 0 Å². The molecule has 0 bridgehead atoms. The molecule has 0 saturated heterocycles. The van der Waals surface area contributed by atoms with Crippen LogP contribution in [-0.4, -0.2) is 10.9 Å². The van der Waals surface area contributed by atoms with Crippen molar-refractivity contribution >= 4 is 11.7 Å². The number of nitro benzene ring substituents is 1. The summed E-state index contributed by atoms with van der Waals surface area (Å²) in [6, 6.07) is 4.37. The van der Waals surface area contributed by atoms with Crippen molar-refractivity contribution in [3.63, 3.8) is 0 Å². The lowest BCUT2D eigenvalue weighted by Crippen LogP contribution is -2.10. The van der Waals surface area contributed by atoms with Crippen LogP contribution in [0.25, 0.3) is 0 Å². The largest absolute Gasteiger partial charge is 0.427 e. The molecule has 0 aliphatic heterocycles. The Morgan fingerprint density at radius 3 is 2.70 bits per heavy atom. The van der Waals surface area contributed by atoms with Crippen LogP contribution in [0.2, 0.25) is 0 Å². The van der Waals surface area contributed by atoms with Crippen LogP contribution < -0.4 is 4.74 Å². The molecule has 0 unspecified atom stereocenters. The summed E-state index contributed by atoms with van der Waals surface area (Å²) in [5.41, 5.74) is 0.534. The number of carbonyl (C=O) groups excluding carboxylic acids is 1. The number of rotatable bonds is 5. The highest BCUT2D eigenvalue weighted by molar-refractivity contribution is 5.72. The highest BCUT2D eigenvalue weighted by Gasteiger charge is 2.17. The summed E-state index contributed by atoms with van der Waals surface area (Å²) in [5.74, 6) is 0.774. The van der Waals surface area contributed by atoms with E-state index < -0.39 is 4.92 Å². The first-order valence-electron chi connectivity index (χ1n) is 7.02. The molecule has 0 amide bonds. The summed E-state index contributed by atoms with van der Waals surface area (Å²) in [6.45, 7) is 1.63. The fourth-order valence-corrected chi connectivity index (χ4v) is 2.70. The standard InChI is InChI=1S/C15H19NO4/c1-11-10-13(7-8-14(11)16(18)19)20-15(17)9-6-12-4-2-3-5-12/h7-8,10,12H,2-6,9H2,1H3. The number of carbonyl (C=O) groups is 1. The van der Waals surface area contributed by atoms with Crippen LogP contribution >= 0.6 is 0 Å². The van der Waals surface area contributed by atoms with Crippen molar-refractivity contribution in [1.29, 1.82) is 0 Å². The molecule has 0 N–H and O–H groups in total. The average Bonchev–Trinajstić information content (AvgIpc) is 2.89. The number of benzene rings is 1. The van der Waals surface area contributed by atoms with E-state index in [0.717, 1.165) is 6.42 Å². The van der Waals surface area contributed by atoms with E-state index in [0.29, 0.717) is 23.7 Å². The molecule has 5 nitrogen and oxygen atoms in total. The van der Waals surface area contributed by atoms with Crippen molar-refractivity contribution in [3.05, 3.63) is 33.9 Å². The second kappa shape index (κ2) is 6.50. The third-order valence-corrected chi connectivity index (χ3v) is 3.83. The van der Waals surface area contributed by atoms with Gasteiger partial charge in [0.05, 0.1) is 4.92 Å². The first kappa shape index (κ1) is 14.5. The molecule has 0 radical (unpaired) electrons. The van der Waals surface area contributed by atoms with E-state index in [4.69, 9.17) is 4.74 Å². The molecule has 0 spiro atoms. The SMILES string of the molecule is Cc1cc(OC(=O)CCC2CCCC2)ccc1[N+](=O)[O-]. The van der Waals surface area contributed by atoms with E-state index >= 15 is 0 Å². The molecule has 0 aromatic heterocycles. The zero-order valence-corrected chi connectivity index (χ0v) is 11.6. The molecule has 1 fully saturated rings. The average molecular weight is 277 g/mol. The van der Waals surface area contributed by atoms with Gasteiger partial charge in [0.25, 0.3) is 5.69 Å². The Hall–Kier alpha value is -1.91. The Kier molecular flexibility index (Phi) is 4.71. The fourth-order valence-electron chi connectivity index (χ4n) is 2.70. The van der Waals surface area contributed by atoms with Crippen LogP contribution in [0.15, 0.2) is 18.2 Å². The Morgan fingerprint density at radius 1 is 1.40 bits per heavy atom. The molecule has 108 valence electrons. The van der Waals surface area contributed by atoms with Crippen molar-refractivity contribution in [2.45, 2.75) is 45.4 Å². The highest BCUT2D eigenvalue weighted by Crippen LogP contribution is 2.29. The Balaban J connectivity index is 1.87. The van der Waals surface area contributed by atoms with Gasteiger partial charge >= 0.3 is 5.97 Å². The monoisotopic (exact) mass is 277 g/mol. The predicted octanol–water partition coefficient (Wildman–Crippen LogP) is 3.78. The van der Waals surface area contributed by atoms with Crippen molar-refractivity contribution in [1.82, 2.24) is 0 Å². The van der Waals surface area contributed by atoms with Gasteiger partial charge in [-0.05, 0) is 31.4 Å². The number of ether oxygens (including phenoxy) is 1. The second-order valence-electron chi connectivity index (χ2n) is 5.37. The van der Waals surface area contributed by atoms with E-state index in [2.05, 4.69) is 0 Å². The maximum absolute atomic E-state index is 11.7. The van der Waals surface area contributed by atoms with Gasteiger partial charge in [-0.1, -0.05) is 25.7 Å². The molecule has 20 heavy (non-hydrogen) atoms. The molecular weight excluding hydrogens is 258 g/mol. The van der Waals surface area contributed by atoms with Crippen LogP contribution in [0.4, 0.5) is 5.69 Å². The third kappa shape index (κ3) is 3.79. The van der Waals surface area contributed by atoms with E-state index in [9.17, 15) is 14.9 Å². The van der Waals surface area contributed by atoms with Gasteiger partial charge in [-0.2, -0.15) is 0 Å².